The van der Waals surface area contributed by atoms with E-state index in [1.165, 1.54) is 19.0 Å². The Morgan fingerprint density at radius 1 is 0.234 bits per heavy atom. The van der Waals surface area contributed by atoms with Crippen LogP contribution < -0.4 is 0 Å². The first-order valence-corrected chi connectivity index (χ1v) is 26.7. The SMILES string of the molecule is CCCCCCCOCC(F)(F)C(F)(F)C(F)(F)C(F)(F)C(F)(F)C(F)(F)C(F)(F)C(F)(F)C(F)(F)C(F)(F)COCCCC(CCOCC(F)(F)C(F)(F)C(F)(F)C(F)(F)C(F)(F)C(F)(F)C(F)(F)C(F)(F)C(F)(F)C(F)(F)COCCCCCCC)OCCN(C)C. The molecule has 0 aromatic heterocycles. The predicted molar refractivity (Wildman–Crippen MR) is 242 cm³/mol. The second-order valence-electron chi connectivity index (χ2n) is 21.3. The van der Waals surface area contributed by atoms with Crippen molar-refractivity contribution in [3.63, 3.8) is 0 Å². The fourth-order valence-electron chi connectivity index (χ4n) is 7.40. The third kappa shape index (κ3) is 16.9. The molecule has 0 saturated carbocycles. The van der Waals surface area contributed by atoms with Crippen LogP contribution in [-0.2, 0) is 23.7 Å². The number of hydrogen-bond acceptors (Lipinski definition) is 6. The first-order chi connectivity index (χ1) is 41.6. The lowest BCUT2D eigenvalue weighted by molar-refractivity contribution is -0.470. The van der Waals surface area contributed by atoms with Crippen molar-refractivity contribution < 1.29 is 199 Å². The molecule has 94 heavy (non-hydrogen) atoms. The average Bonchev–Trinajstić information content (AvgIpc) is 0.695. The van der Waals surface area contributed by atoms with Gasteiger partial charge in [-0.25, -0.2) is 0 Å². The van der Waals surface area contributed by atoms with Crippen LogP contribution >= 0.6 is 0 Å². The Bertz CT molecular complexity index is 2280. The molecule has 0 aliphatic rings. The number of ether oxygens (including phenoxy) is 5. The van der Waals surface area contributed by atoms with Gasteiger partial charge in [0.2, 0.25) is 0 Å². The molecule has 566 valence electrons. The Morgan fingerprint density at radius 2 is 0.436 bits per heavy atom. The molecule has 0 radical (unpaired) electrons. The minimum atomic E-state index is -9.40. The smallest absolute Gasteiger partial charge is 0.377 e. The standard InChI is InChI=1S/C48H59F40NO5/c1-5-7-9-11-13-19-90-24-29(49,50)33(57,58)37(65,66)41(73,74)45(81,82)47(85,86)43(77,78)39(69,70)35(61,62)31(53,54)26-92-21-15-16-28(94-23-18-89(3)4)17-22-93-27-32(55,56)36(63,64)40(71,72)44(79,80)48(87,88)46(83,84)42(75,76)38(67,68)34(59,60)30(51,52)25-91-20-14-12-10-8-6-2/h28H,5-27H2,1-4H3. The number of likely N-dealkylation sites (N-methyl/N-ethyl adjacent to an activating group) is 1. The second-order valence-corrected chi connectivity index (χ2v) is 21.3. The predicted octanol–water partition coefficient (Wildman–Crippen LogP) is 18.8. The summed E-state index contributed by atoms with van der Waals surface area (Å²) in [6.07, 6.45) is -3.69. The Labute approximate surface area is 506 Å². The Kier molecular flexibility index (Phi) is 30.2. The lowest BCUT2D eigenvalue weighted by Gasteiger charge is -2.45. The van der Waals surface area contributed by atoms with E-state index in [9.17, 15) is 176 Å². The van der Waals surface area contributed by atoms with Gasteiger partial charge in [0.1, 0.15) is 26.4 Å². The summed E-state index contributed by atoms with van der Waals surface area (Å²) in [6, 6.07) is 0. The van der Waals surface area contributed by atoms with Crippen molar-refractivity contribution in [3.8, 4) is 0 Å². The number of halogens is 40. The maximum absolute atomic E-state index is 14.6. The highest BCUT2D eigenvalue weighted by Crippen LogP contribution is 2.69. The molecule has 46 heteroatoms. The topological polar surface area (TPSA) is 49.4 Å². The van der Waals surface area contributed by atoms with Gasteiger partial charge in [0.25, 0.3) is 0 Å². The van der Waals surface area contributed by atoms with Crippen LogP contribution in [0.1, 0.15) is 97.3 Å². The van der Waals surface area contributed by atoms with Crippen LogP contribution in [0.3, 0.4) is 0 Å². The number of rotatable bonds is 49. The lowest BCUT2D eigenvalue weighted by Crippen LogP contribution is -2.77. The molecule has 1 atom stereocenters. The van der Waals surface area contributed by atoms with Gasteiger partial charge in [-0.15, -0.1) is 0 Å². The van der Waals surface area contributed by atoms with Gasteiger partial charge >= 0.3 is 118 Å². The maximum atomic E-state index is 14.6. The van der Waals surface area contributed by atoms with E-state index in [2.05, 4.69) is 18.9 Å². The summed E-state index contributed by atoms with van der Waals surface area (Å²) < 4.78 is 597. The van der Waals surface area contributed by atoms with Crippen molar-refractivity contribution in [3.05, 3.63) is 0 Å². The van der Waals surface area contributed by atoms with E-state index in [1.807, 2.05) is 0 Å². The molecular formula is C48H59F40NO5. The van der Waals surface area contributed by atoms with Crippen LogP contribution in [0.5, 0.6) is 0 Å². The number of alkyl halides is 40. The molecule has 0 aromatic carbocycles. The zero-order valence-corrected chi connectivity index (χ0v) is 48.4. The number of unbranched alkanes of at least 4 members (excludes halogenated alkanes) is 8. The van der Waals surface area contributed by atoms with Gasteiger partial charge in [0, 0.05) is 33.0 Å². The third-order valence-corrected chi connectivity index (χ3v) is 13.6. The minimum Gasteiger partial charge on any atom is -0.377 e. The monoisotopic (exact) mass is 1490 g/mol. The molecule has 6 nitrogen and oxygen atoms in total. The van der Waals surface area contributed by atoms with Crippen molar-refractivity contribution in [2.24, 2.45) is 0 Å². The van der Waals surface area contributed by atoms with E-state index in [-0.39, 0.29) is 45.1 Å². The van der Waals surface area contributed by atoms with Crippen LogP contribution in [0.2, 0.25) is 0 Å². The fraction of sp³-hybridized carbons (Fsp3) is 1.00. The van der Waals surface area contributed by atoms with E-state index in [4.69, 9.17) is 4.74 Å². The molecule has 0 fully saturated rings. The summed E-state index contributed by atoms with van der Waals surface area (Å²) in [6.45, 7) is -17.0. The number of nitrogens with zero attached hydrogens (tertiary/aromatic N) is 1. The summed E-state index contributed by atoms with van der Waals surface area (Å²) in [5.74, 6) is -171. The van der Waals surface area contributed by atoms with Crippen LogP contribution in [-0.4, -0.2) is 210 Å². The zero-order valence-electron chi connectivity index (χ0n) is 48.4. The molecule has 0 spiro atoms. The van der Waals surface area contributed by atoms with Crippen LogP contribution in [0.4, 0.5) is 176 Å². The van der Waals surface area contributed by atoms with Crippen molar-refractivity contribution in [1.29, 1.82) is 0 Å². The molecule has 0 rings (SSSR count). The Hall–Kier alpha value is -3.04. The Balaban J connectivity index is 6.50. The third-order valence-electron chi connectivity index (χ3n) is 13.6. The van der Waals surface area contributed by atoms with E-state index in [1.54, 1.807) is 13.8 Å². The first-order valence-electron chi connectivity index (χ1n) is 26.7. The molecule has 0 bridgehead atoms. The maximum Gasteiger partial charge on any atom is 0.385 e. The summed E-state index contributed by atoms with van der Waals surface area (Å²) in [4.78, 5) is 1.18. The van der Waals surface area contributed by atoms with E-state index < -0.39 is 203 Å². The zero-order chi connectivity index (χ0) is 75.0. The molecule has 0 N–H and O–H groups in total. The minimum absolute atomic E-state index is 0.0255. The summed E-state index contributed by atoms with van der Waals surface area (Å²) in [5, 5.41) is 0. The van der Waals surface area contributed by atoms with Gasteiger partial charge in [-0.2, -0.15) is 176 Å². The highest BCUT2D eigenvalue weighted by atomic mass is 19.4. The van der Waals surface area contributed by atoms with Gasteiger partial charge in [0.15, 0.2) is 0 Å². The molecule has 1 unspecified atom stereocenters. The molecule has 0 aliphatic carbocycles. The molecular weight excluding hydrogens is 1430 g/mol. The second kappa shape index (κ2) is 31.2. The molecule has 0 saturated heterocycles. The van der Waals surface area contributed by atoms with Crippen LogP contribution in [0.25, 0.3) is 0 Å². The lowest BCUT2D eigenvalue weighted by atomic mass is 9.85. The highest BCUT2D eigenvalue weighted by molar-refractivity contribution is 5.20. The number of hydrogen-bond donors (Lipinski definition) is 0. The van der Waals surface area contributed by atoms with E-state index >= 15 is 0 Å². The molecule has 0 aromatic rings. The van der Waals surface area contributed by atoms with Gasteiger partial charge in [-0.05, 0) is 46.2 Å². The first kappa shape index (κ1) is 91.0. The quantitative estimate of drug-likeness (QED) is 0.0447. The average molecular weight is 1490 g/mol. The fourth-order valence-corrected chi connectivity index (χ4v) is 7.40. The normalized spacial score (nSPS) is 16.1. The highest BCUT2D eigenvalue weighted by Gasteiger charge is 2.99. The van der Waals surface area contributed by atoms with Crippen molar-refractivity contribution in [1.82, 2.24) is 4.90 Å². The Morgan fingerprint density at radius 3 is 0.660 bits per heavy atom. The largest absolute Gasteiger partial charge is 0.385 e. The van der Waals surface area contributed by atoms with Crippen LogP contribution in [0.15, 0.2) is 0 Å². The molecule has 0 aliphatic heterocycles. The van der Waals surface area contributed by atoms with Crippen molar-refractivity contribution in [2.75, 3.05) is 80.1 Å². The van der Waals surface area contributed by atoms with Crippen LogP contribution in [0, 0.1) is 0 Å². The van der Waals surface area contributed by atoms with Gasteiger partial charge in [-0.1, -0.05) is 65.2 Å². The summed E-state index contributed by atoms with van der Waals surface area (Å²) in [7, 11) is 2.44. The van der Waals surface area contributed by atoms with Gasteiger partial charge < -0.3 is 28.6 Å². The van der Waals surface area contributed by atoms with E-state index in [0.29, 0.717) is 25.7 Å². The van der Waals surface area contributed by atoms with Gasteiger partial charge in [-0.3, -0.25) is 0 Å². The summed E-state index contributed by atoms with van der Waals surface area (Å²) in [5.41, 5.74) is 0. The van der Waals surface area contributed by atoms with E-state index in [0.717, 1.165) is 0 Å². The summed E-state index contributed by atoms with van der Waals surface area (Å²) >= 11 is 0. The van der Waals surface area contributed by atoms with Crippen molar-refractivity contribution >= 4 is 0 Å². The van der Waals surface area contributed by atoms with Crippen molar-refractivity contribution in [2.45, 2.75) is 222 Å². The molecule has 0 heterocycles. The molecule has 0 amide bonds. The van der Waals surface area contributed by atoms with Gasteiger partial charge in [0.05, 0.1) is 12.7 Å².